The summed E-state index contributed by atoms with van der Waals surface area (Å²) in [5, 5.41) is 6.74. The Hall–Kier alpha value is -0.530. The van der Waals surface area contributed by atoms with Gasteiger partial charge in [-0.05, 0) is 43.5 Å². The van der Waals surface area contributed by atoms with Gasteiger partial charge < -0.3 is 10.6 Å². The minimum Gasteiger partial charge on any atom is -0.347 e. The zero-order valence-corrected chi connectivity index (χ0v) is 14.9. The lowest BCUT2D eigenvalue weighted by atomic mass is 9.95. The summed E-state index contributed by atoms with van der Waals surface area (Å²) in [4.78, 5) is 13.2. The minimum absolute atomic E-state index is 0.0559. The van der Waals surface area contributed by atoms with Gasteiger partial charge in [-0.3, -0.25) is 4.79 Å². The summed E-state index contributed by atoms with van der Waals surface area (Å²) in [6, 6.07) is 9.20. The van der Waals surface area contributed by atoms with E-state index < -0.39 is 0 Å². The molecule has 2 saturated heterocycles. The average molecular weight is 371 g/mol. The number of hydrogen-bond acceptors (Lipinski definition) is 5. The molecule has 2 fully saturated rings. The van der Waals surface area contributed by atoms with Crippen LogP contribution in [0, 0.1) is 0 Å². The van der Waals surface area contributed by atoms with Crippen LogP contribution < -0.4 is 10.6 Å². The van der Waals surface area contributed by atoms with E-state index in [9.17, 15) is 4.79 Å². The normalized spacial score (nSPS) is 26.5. The van der Waals surface area contributed by atoms with Crippen molar-refractivity contribution in [1.82, 2.24) is 10.6 Å². The highest BCUT2D eigenvalue weighted by molar-refractivity contribution is 8.03. The molecular weight excluding hydrogens is 356 g/mol. The van der Waals surface area contributed by atoms with Crippen LogP contribution in [0.25, 0.3) is 0 Å². The summed E-state index contributed by atoms with van der Waals surface area (Å²) in [5.74, 6) is 0.0559. The van der Waals surface area contributed by atoms with Gasteiger partial charge in [-0.1, -0.05) is 23.4 Å². The predicted molar refractivity (Wildman–Crippen MR) is 93.6 cm³/mol. The van der Waals surface area contributed by atoms with Crippen LogP contribution in [0.2, 0.25) is 4.34 Å². The van der Waals surface area contributed by atoms with Gasteiger partial charge >= 0.3 is 0 Å². The second-order valence-electron chi connectivity index (χ2n) is 5.64. The molecule has 0 saturated carbocycles. The first kappa shape index (κ1) is 15.0. The molecule has 0 radical (unpaired) electrons. The fourth-order valence-electron chi connectivity index (χ4n) is 3.17. The summed E-state index contributed by atoms with van der Waals surface area (Å²) in [6.07, 6.45) is 3.50. The summed E-state index contributed by atoms with van der Waals surface area (Å²) >= 11 is 10.7. The molecule has 3 atom stereocenters. The Labute approximate surface area is 146 Å². The van der Waals surface area contributed by atoms with E-state index >= 15 is 0 Å². The molecule has 2 aromatic heterocycles. The van der Waals surface area contributed by atoms with Crippen molar-refractivity contribution < 1.29 is 4.79 Å². The van der Waals surface area contributed by atoms with Crippen molar-refractivity contribution in [3.05, 3.63) is 33.5 Å². The quantitative estimate of drug-likeness (QED) is 0.845. The van der Waals surface area contributed by atoms with E-state index in [0.29, 0.717) is 18.1 Å². The maximum Gasteiger partial charge on any atom is 0.261 e. The van der Waals surface area contributed by atoms with Crippen molar-refractivity contribution in [2.75, 3.05) is 0 Å². The molecular formula is C15H15ClN2OS3. The molecule has 7 heteroatoms. The van der Waals surface area contributed by atoms with Gasteiger partial charge in [0, 0.05) is 18.1 Å². The average Bonchev–Trinajstić information content (AvgIpc) is 3.24. The van der Waals surface area contributed by atoms with Crippen molar-refractivity contribution >= 4 is 51.9 Å². The van der Waals surface area contributed by atoms with Crippen LogP contribution in [0.15, 0.2) is 32.7 Å². The highest BCUT2D eigenvalue weighted by atomic mass is 35.5. The molecule has 2 aromatic rings. The van der Waals surface area contributed by atoms with Crippen LogP contribution in [0.4, 0.5) is 0 Å². The Kier molecular flexibility index (Phi) is 4.21. The van der Waals surface area contributed by atoms with Gasteiger partial charge in [-0.25, -0.2) is 0 Å². The Morgan fingerprint density at radius 1 is 1.23 bits per heavy atom. The lowest BCUT2D eigenvalue weighted by Gasteiger charge is -2.20. The zero-order valence-electron chi connectivity index (χ0n) is 11.7. The zero-order chi connectivity index (χ0) is 15.1. The number of amides is 1. The highest BCUT2D eigenvalue weighted by Gasteiger charge is 2.39. The SMILES string of the molecule is O=C(NC1CC2CCC1N2)c1ccc(Sc2ccc(Cl)s2)s1. The number of thiophene rings is 2. The van der Waals surface area contributed by atoms with Crippen LogP contribution in [0.1, 0.15) is 28.9 Å². The smallest absolute Gasteiger partial charge is 0.261 e. The number of hydrogen-bond donors (Lipinski definition) is 2. The monoisotopic (exact) mass is 370 g/mol. The summed E-state index contributed by atoms with van der Waals surface area (Å²) in [6.45, 7) is 0. The number of carbonyl (C=O) groups excluding carboxylic acids is 1. The predicted octanol–water partition coefficient (Wildman–Crippen LogP) is 4.24. The maximum absolute atomic E-state index is 12.4. The van der Waals surface area contributed by atoms with Crippen molar-refractivity contribution in [1.29, 1.82) is 0 Å². The first-order valence-corrected chi connectivity index (χ1v) is 10.1. The molecule has 0 aliphatic carbocycles. The standard InChI is InChI=1S/C15H15ClN2OS3/c16-12-4-6-14(21-12)22-13-5-3-11(20-13)15(19)18-10-7-8-1-2-9(10)17-8/h3-6,8-10,17H,1-2,7H2,(H,18,19). The summed E-state index contributed by atoms with van der Waals surface area (Å²) in [5.41, 5.74) is 0. The fourth-order valence-corrected chi connectivity index (χ4v) is 6.77. The van der Waals surface area contributed by atoms with Gasteiger partial charge in [0.05, 0.1) is 17.6 Å². The second kappa shape index (κ2) is 6.17. The van der Waals surface area contributed by atoms with Gasteiger partial charge in [-0.15, -0.1) is 22.7 Å². The molecule has 0 aromatic carbocycles. The van der Waals surface area contributed by atoms with Crippen LogP contribution in [0.3, 0.4) is 0 Å². The van der Waals surface area contributed by atoms with Crippen LogP contribution in [-0.4, -0.2) is 24.0 Å². The van der Waals surface area contributed by atoms with Crippen molar-refractivity contribution in [2.24, 2.45) is 0 Å². The number of nitrogens with one attached hydrogen (secondary N) is 2. The van der Waals surface area contributed by atoms with Crippen molar-refractivity contribution in [3.63, 3.8) is 0 Å². The van der Waals surface area contributed by atoms with Crippen LogP contribution in [0.5, 0.6) is 0 Å². The maximum atomic E-state index is 12.4. The Balaban J connectivity index is 1.39. The van der Waals surface area contributed by atoms with E-state index in [2.05, 4.69) is 10.6 Å². The minimum atomic E-state index is 0.0559. The van der Waals surface area contributed by atoms with Gasteiger partial charge in [0.15, 0.2) is 0 Å². The molecule has 1 amide bonds. The third kappa shape index (κ3) is 3.08. The molecule has 2 N–H and O–H groups in total. The highest BCUT2D eigenvalue weighted by Crippen LogP contribution is 2.38. The van der Waals surface area contributed by atoms with Gasteiger partial charge in [-0.2, -0.15) is 0 Å². The van der Waals surface area contributed by atoms with Crippen molar-refractivity contribution in [3.8, 4) is 0 Å². The number of rotatable bonds is 4. The van der Waals surface area contributed by atoms with Crippen LogP contribution >= 0.6 is 46.0 Å². The van der Waals surface area contributed by atoms with E-state index in [0.717, 1.165) is 24.1 Å². The molecule has 3 unspecified atom stereocenters. The number of halogens is 1. The van der Waals surface area contributed by atoms with Gasteiger partial charge in [0.1, 0.15) is 0 Å². The molecule has 22 heavy (non-hydrogen) atoms. The first-order valence-electron chi connectivity index (χ1n) is 7.27. The molecule has 2 aliphatic heterocycles. The third-order valence-corrected chi connectivity index (χ3v) is 7.75. The molecule has 116 valence electrons. The summed E-state index contributed by atoms with van der Waals surface area (Å²) in [7, 11) is 0. The molecule has 2 aliphatic rings. The lowest BCUT2D eigenvalue weighted by Crippen LogP contribution is -2.42. The second-order valence-corrected chi connectivity index (χ2v) is 10.0. The van der Waals surface area contributed by atoms with Gasteiger partial charge in [0.25, 0.3) is 5.91 Å². The summed E-state index contributed by atoms with van der Waals surface area (Å²) < 4.78 is 3.06. The number of carbonyl (C=O) groups is 1. The van der Waals surface area contributed by atoms with Crippen LogP contribution in [-0.2, 0) is 0 Å². The Morgan fingerprint density at radius 3 is 2.73 bits per heavy atom. The molecule has 3 nitrogen and oxygen atoms in total. The Bertz CT molecular complexity index is 699. The third-order valence-electron chi connectivity index (χ3n) is 4.17. The lowest BCUT2D eigenvalue weighted by molar-refractivity contribution is 0.0935. The van der Waals surface area contributed by atoms with E-state index in [4.69, 9.17) is 11.6 Å². The fraction of sp³-hybridized carbons (Fsp3) is 0.400. The van der Waals surface area contributed by atoms with E-state index in [1.807, 2.05) is 24.3 Å². The number of fused-ring (bicyclic) bond motifs is 2. The molecule has 2 bridgehead atoms. The molecule has 0 spiro atoms. The van der Waals surface area contributed by atoms with Crippen molar-refractivity contribution in [2.45, 2.75) is 45.8 Å². The molecule has 4 rings (SSSR count). The van der Waals surface area contributed by atoms with E-state index in [1.54, 1.807) is 34.4 Å². The van der Waals surface area contributed by atoms with E-state index in [-0.39, 0.29) is 5.91 Å². The first-order chi connectivity index (χ1) is 10.7. The van der Waals surface area contributed by atoms with Gasteiger partial charge in [0.2, 0.25) is 0 Å². The molecule has 4 heterocycles. The topological polar surface area (TPSA) is 41.1 Å². The van der Waals surface area contributed by atoms with E-state index in [1.165, 1.54) is 12.8 Å². The largest absolute Gasteiger partial charge is 0.347 e. The Morgan fingerprint density at radius 2 is 2.05 bits per heavy atom.